The molecule has 12 aromatic rings. The topological polar surface area (TPSA) is 35.9 Å². The number of nitrogens with zero attached hydrogens (tertiary/aromatic N) is 3. The zero-order valence-corrected chi connectivity index (χ0v) is 29.6. The van der Waals surface area contributed by atoms with E-state index in [2.05, 4.69) is 173 Å². The smallest absolute Gasteiger partial charge is 0.307 e. The first-order valence-corrected chi connectivity index (χ1v) is 18.7. The molecule has 0 N–H and O–H groups in total. The second-order valence-corrected chi connectivity index (χ2v) is 14.3. The lowest BCUT2D eigenvalue weighted by Crippen LogP contribution is -1.94. The molecule has 0 unspecified atom stereocenters. The van der Waals surface area contributed by atoms with Crippen LogP contribution < -0.4 is 0 Å². The van der Waals surface area contributed by atoms with Gasteiger partial charge < -0.3 is 8.98 Å². The highest BCUT2D eigenvalue weighted by Gasteiger charge is 2.20. The Hall–Kier alpha value is -7.43. The van der Waals surface area contributed by atoms with E-state index in [1.807, 2.05) is 24.3 Å². The molecule has 0 aliphatic rings. The molecule has 0 saturated heterocycles. The second kappa shape index (κ2) is 11.5. The van der Waals surface area contributed by atoms with E-state index in [4.69, 9.17) is 9.40 Å². The zero-order chi connectivity index (χ0) is 36.0. The minimum absolute atomic E-state index is 0.574. The maximum absolute atomic E-state index is 6.31. The molecule has 0 radical (unpaired) electrons. The van der Waals surface area contributed by atoms with Crippen molar-refractivity contribution in [3.8, 4) is 34.0 Å². The van der Waals surface area contributed by atoms with Crippen molar-refractivity contribution >= 4 is 76.3 Å². The zero-order valence-electron chi connectivity index (χ0n) is 29.6. The van der Waals surface area contributed by atoms with Gasteiger partial charge in [0.15, 0.2) is 5.58 Å². The van der Waals surface area contributed by atoms with Crippen molar-refractivity contribution in [3.63, 3.8) is 0 Å². The summed E-state index contributed by atoms with van der Waals surface area (Å²) in [6.45, 7) is 0. The Morgan fingerprint density at radius 3 is 1.85 bits per heavy atom. The van der Waals surface area contributed by atoms with Gasteiger partial charge in [0.25, 0.3) is 0 Å². The average Bonchev–Trinajstić information content (AvgIpc) is 3.93. The van der Waals surface area contributed by atoms with Gasteiger partial charge in [-0.25, -0.2) is 0 Å². The van der Waals surface area contributed by atoms with Gasteiger partial charge >= 0.3 is 6.01 Å². The first-order chi connectivity index (χ1) is 27.3. The Morgan fingerprint density at radius 1 is 0.382 bits per heavy atom. The Kier molecular flexibility index (Phi) is 6.31. The van der Waals surface area contributed by atoms with E-state index in [1.165, 1.54) is 65.6 Å². The third-order valence-electron chi connectivity index (χ3n) is 11.4. The largest absolute Gasteiger partial charge is 0.423 e. The Morgan fingerprint density at radius 2 is 1.02 bits per heavy atom. The molecule has 0 amide bonds. The van der Waals surface area contributed by atoms with Crippen LogP contribution in [0.25, 0.3) is 110 Å². The highest BCUT2D eigenvalue weighted by molar-refractivity contribution is 6.18. The van der Waals surface area contributed by atoms with E-state index in [-0.39, 0.29) is 0 Å². The van der Waals surface area contributed by atoms with Crippen LogP contribution in [0.4, 0.5) is 0 Å². The Labute approximate surface area is 315 Å². The van der Waals surface area contributed by atoms with Crippen LogP contribution in [0, 0.1) is 0 Å². The summed E-state index contributed by atoms with van der Waals surface area (Å²) in [5, 5.41) is 9.88. The van der Waals surface area contributed by atoms with E-state index in [9.17, 15) is 0 Å². The van der Waals surface area contributed by atoms with Crippen LogP contribution in [-0.2, 0) is 0 Å². The maximum Gasteiger partial charge on any atom is 0.307 e. The monoisotopic (exact) mass is 701 g/mol. The standard InChI is InChI=1S/C51H31N3O/c1-2-13-36-33(12-1)30-42(39-15-4-3-14-38(36)39)32-24-27-35(28-25-32)53-46-21-9-6-17-41(46)50-37(18-11-22-48(50)53)34-26-29-47-43(31-34)40-16-5-8-20-45(40)54(47)51-52-44-19-7-10-23-49(44)55-51/h1-31H. The van der Waals surface area contributed by atoms with Crippen LogP contribution in [-0.4, -0.2) is 14.1 Å². The van der Waals surface area contributed by atoms with Gasteiger partial charge in [0.2, 0.25) is 0 Å². The SMILES string of the molecule is c1ccc2c(c1)cc(-c1ccc(-n3c4ccccc4c4c(-c5ccc6c(c5)c5ccccc5n6-c5nc6ccccc6o5)cccc43)cc1)c1ccccc12. The van der Waals surface area contributed by atoms with E-state index in [0.717, 1.165) is 38.6 Å². The number of hydrogen-bond donors (Lipinski definition) is 0. The van der Waals surface area contributed by atoms with Gasteiger partial charge in [0, 0.05) is 27.2 Å². The van der Waals surface area contributed by atoms with Crippen molar-refractivity contribution < 1.29 is 4.42 Å². The number of oxazole rings is 1. The van der Waals surface area contributed by atoms with E-state index < -0.39 is 0 Å². The molecular weight excluding hydrogens is 671 g/mol. The summed E-state index contributed by atoms with van der Waals surface area (Å²) in [5.41, 5.74) is 12.1. The predicted molar refractivity (Wildman–Crippen MR) is 229 cm³/mol. The van der Waals surface area contributed by atoms with Crippen molar-refractivity contribution in [2.24, 2.45) is 0 Å². The number of aromatic nitrogens is 3. The van der Waals surface area contributed by atoms with Gasteiger partial charge in [-0.05, 0) is 104 Å². The molecule has 55 heavy (non-hydrogen) atoms. The molecule has 3 heterocycles. The molecule has 0 fully saturated rings. The lowest BCUT2D eigenvalue weighted by molar-refractivity contribution is 0.574. The fraction of sp³-hybridized carbons (Fsp3) is 0. The summed E-state index contributed by atoms with van der Waals surface area (Å²) in [4.78, 5) is 4.88. The number of fused-ring (bicyclic) bond motifs is 10. The fourth-order valence-corrected chi connectivity index (χ4v) is 8.92. The third-order valence-corrected chi connectivity index (χ3v) is 11.4. The third kappa shape index (κ3) is 4.43. The molecule has 3 aromatic heterocycles. The van der Waals surface area contributed by atoms with Gasteiger partial charge in [-0.15, -0.1) is 0 Å². The molecule has 0 spiro atoms. The lowest BCUT2D eigenvalue weighted by Gasteiger charge is -2.13. The highest BCUT2D eigenvalue weighted by atomic mass is 16.4. The van der Waals surface area contributed by atoms with Crippen molar-refractivity contribution in [2.75, 3.05) is 0 Å². The highest BCUT2D eigenvalue weighted by Crippen LogP contribution is 2.42. The number of benzene rings is 9. The van der Waals surface area contributed by atoms with Gasteiger partial charge in [0.05, 0.1) is 22.1 Å². The molecule has 0 atom stereocenters. The number of rotatable bonds is 4. The summed E-state index contributed by atoms with van der Waals surface area (Å²) in [6.07, 6.45) is 0. The summed E-state index contributed by atoms with van der Waals surface area (Å²) in [6, 6.07) is 68.1. The normalized spacial score (nSPS) is 12.0. The van der Waals surface area contributed by atoms with Gasteiger partial charge in [-0.3, -0.25) is 4.57 Å². The first kappa shape index (κ1) is 30.1. The molecular formula is C51H31N3O. The van der Waals surface area contributed by atoms with Crippen molar-refractivity contribution in [1.82, 2.24) is 14.1 Å². The quantitative estimate of drug-likeness (QED) is 0.171. The van der Waals surface area contributed by atoms with Gasteiger partial charge in [-0.1, -0.05) is 127 Å². The molecule has 4 nitrogen and oxygen atoms in total. The molecule has 0 bridgehead atoms. The maximum atomic E-state index is 6.31. The molecule has 9 aromatic carbocycles. The minimum Gasteiger partial charge on any atom is -0.423 e. The van der Waals surface area contributed by atoms with Crippen LogP contribution >= 0.6 is 0 Å². The van der Waals surface area contributed by atoms with E-state index >= 15 is 0 Å². The molecule has 256 valence electrons. The van der Waals surface area contributed by atoms with E-state index in [1.54, 1.807) is 0 Å². The van der Waals surface area contributed by atoms with Gasteiger partial charge in [0.1, 0.15) is 5.52 Å². The summed E-state index contributed by atoms with van der Waals surface area (Å²) >= 11 is 0. The van der Waals surface area contributed by atoms with Crippen LogP contribution in [0.15, 0.2) is 192 Å². The molecule has 0 saturated carbocycles. The van der Waals surface area contributed by atoms with Crippen molar-refractivity contribution in [1.29, 1.82) is 0 Å². The van der Waals surface area contributed by atoms with Crippen LogP contribution in [0.3, 0.4) is 0 Å². The molecule has 12 rings (SSSR count). The Bertz CT molecular complexity index is 3460. The second-order valence-electron chi connectivity index (χ2n) is 14.3. The Balaban J connectivity index is 1.03. The molecule has 0 aliphatic carbocycles. The summed E-state index contributed by atoms with van der Waals surface area (Å²) in [7, 11) is 0. The lowest BCUT2D eigenvalue weighted by atomic mass is 9.93. The number of para-hydroxylation sites is 4. The van der Waals surface area contributed by atoms with Crippen LogP contribution in [0.1, 0.15) is 0 Å². The first-order valence-electron chi connectivity index (χ1n) is 18.7. The molecule has 4 heteroatoms. The van der Waals surface area contributed by atoms with Crippen molar-refractivity contribution in [3.05, 3.63) is 188 Å². The number of hydrogen-bond acceptors (Lipinski definition) is 2. The van der Waals surface area contributed by atoms with Gasteiger partial charge in [-0.2, -0.15) is 4.98 Å². The predicted octanol–water partition coefficient (Wildman–Crippen LogP) is 13.7. The van der Waals surface area contributed by atoms with Crippen molar-refractivity contribution in [2.45, 2.75) is 0 Å². The summed E-state index contributed by atoms with van der Waals surface area (Å²) < 4.78 is 10.9. The minimum atomic E-state index is 0.574. The average molecular weight is 702 g/mol. The van der Waals surface area contributed by atoms with E-state index in [0.29, 0.717) is 6.01 Å². The van der Waals surface area contributed by atoms with Crippen LogP contribution in [0.5, 0.6) is 0 Å². The molecule has 0 aliphatic heterocycles. The fourth-order valence-electron chi connectivity index (χ4n) is 8.92. The summed E-state index contributed by atoms with van der Waals surface area (Å²) in [5.74, 6) is 0. The van der Waals surface area contributed by atoms with Crippen LogP contribution in [0.2, 0.25) is 0 Å².